The van der Waals surface area contributed by atoms with Crippen molar-refractivity contribution in [2.75, 3.05) is 36.6 Å². The molecule has 1 amide bonds. The summed E-state index contributed by atoms with van der Waals surface area (Å²) in [4.78, 5) is 26.7. The Labute approximate surface area is 187 Å². The van der Waals surface area contributed by atoms with Gasteiger partial charge in [0.1, 0.15) is 11.2 Å². The van der Waals surface area contributed by atoms with Crippen molar-refractivity contribution in [3.63, 3.8) is 0 Å². The Hall–Kier alpha value is -2.62. The molecule has 2 aliphatic heterocycles. The molecule has 8 nitrogen and oxygen atoms in total. The van der Waals surface area contributed by atoms with Crippen molar-refractivity contribution in [3.05, 3.63) is 47.9 Å². The molecule has 1 atom stereocenters. The highest BCUT2D eigenvalue weighted by Gasteiger charge is 2.52. The van der Waals surface area contributed by atoms with Crippen LogP contribution in [0.2, 0.25) is 0 Å². The zero-order valence-corrected chi connectivity index (χ0v) is 19.3. The van der Waals surface area contributed by atoms with Crippen LogP contribution in [-0.4, -0.2) is 48.2 Å². The molecular formula is C22H30N6O2S. The third kappa shape index (κ3) is 3.88. The Bertz CT molecular complexity index is 968. The monoisotopic (exact) mass is 442 g/mol. The fraction of sp³-hybridized carbons (Fsp3) is 0.409. The second-order valence-electron chi connectivity index (χ2n) is 7.08. The summed E-state index contributed by atoms with van der Waals surface area (Å²) in [6.07, 6.45) is 2.29. The van der Waals surface area contributed by atoms with Gasteiger partial charge in [-0.15, -0.1) is 0 Å². The van der Waals surface area contributed by atoms with Crippen LogP contribution in [0.3, 0.4) is 0 Å². The molecule has 1 saturated heterocycles. The minimum absolute atomic E-state index is 0.00341. The Morgan fingerprint density at radius 3 is 2.65 bits per heavy atom. The van der Waals surface area contributed by atoms with Gasteiger partial charge >= 0.3 is 0 Å². The summed E-state index contributed by atoms with van der Waals surface area (Å²) in [6, 6.07) is 9.59. The number of rotatable bonds is 4. The van der Waals surface area contributed by atoms with Crippen molar-refractivity contribution in [2.45, 2.75) is 32.7 Å². The normalized spacial score (nSPS) is 20.9. The van der Waals surface area contributed by atoms with Gasteiger partial charge in [0.05, 0.1) is 30.0 Å². The van der Waals surface area contributed by atoms with Crippen LogP contribution in [0, 0.1) is 0 Å². The third-order valence-electron chi connectivity index (χ3n) is 5.62. The maximum atomic E-state index is 13.1. The van der Waals surface area contributed by atoms with Crippen molar-refractivity contribution in [1.82, 2.24) is 9.97 Å². The molecule has 0 saturated carbocycles. The predicted octanol–water partition coefficient (Wildman–Crippen LogP) is 2.86. The highest BCUT2D eigenvalue weighted by Crippen LogP contribution is 2.42. The van der Waals surface area contributed by atoms with Gasteiger partial charge in [-0.25, -0.2) is 9.97 Å². The van der Waals surface area contributed by atoms with E-state index in [2.05, 4.69) is 9.88 Å². The van der Waals surface area contributed by atoms with Crippen LogP contribution in [-0.2, 0) is 9.53 Å². The van der Waals surface area contributed by atoms with Crippen molar-refractivity contribution in [3.8, 4) is 0 Å². The first kappa shape index (κ1) is 23.1. The number of nitrogens with zero attached hydrogens (tertiary/aromatic N) is 4. The molecule has 166 valence electrons. The lowest BCUT2D eigenvalue weighted by molar-refractivity contribution is -0.128. The largest absolute Gasteiger partial charge is 0.397 e. The van der Waals surface area contributed by atoms with Crippen LogP contribution >= 0.6 is 11.9 Å². The number of hydrogen-bond acceptors (Lipinski definition) is 8. The van der Waals surface area contributed by atoms with Gasteiger partial charge in [-0.1, -0.05) is 51.1 Å². The van der Waals surface area contributed by atoms with Crippen molar-refractivity contribution in [1.29, 1.82) is 0 Å². The van der Waals surface area contributed by atoms with E-state index in [-0.39, 0.29) is 5.91 Å². The molecule has 9 heteroatoms. The summed E-state index contributed by atoms with van der Waals surface area (Å²) in [5, 5.41) is 5.95. The molecule has 2 aliphatic rings. The van der Waals surface area contributed by atoms with Gasteiger partial charge < -0.3 is 20.3 Å². The number of fused-ring (bicyclic) bond motifs is 3. The van der Waals surface area contributed by atoms with Gasteiger partial charge in [-0.3, -0.25) is 9.93 Å². The molecule has 4 rings (SSSR count). The van der Waals surface area contributed by atoms with E-state index in [9.17, 15) is 4.79 Å². The summed E-state index contributed by atoms with van der Waals surface area (Å²) < 4.78 is 5.68. The van der Waals surface area contributed by atoms with Crippen molar-refractivity contribution >= 4 is 40.0 Å². The second kappa shape index (κ2) is 9.67. The fourth-order valence-electron chi connectivity index (χ4n) is 3.94. The van der Waals surface area contributed by atoms with E-state index in [4.69, 9.17) is 20.6 Å². The number of ether oxygens (including phenoxy) is 1. The topological polar surface area (TPSA) is 111 Å². The molecule has 1 fully saturated rings. The number of amides is 1. The van der Waals surface area contributed by atoms with Crippen molar-refractivity contribution < 1.29 is 9.53 Å². The summed E-state index contributed by atoms with van der Waals surface area (Å²) in [7, 11) is 1.75. The predicted molar refractivity (Wildman–Crippen MR) is 127 cm³/mol. The fourth-order valence-corrected chi connectivity index (χ4v) is 4.39. The van der Waals surface area contributed by atoms with Crippen LogP contribution < -0.4 is 20.7 Å². The molecule has 0 bridgehead atoms. The van der Waals surface area contributed by atoms with Gasteiger partial charge in [-0.2, -0.15) is 0 Å². The molecule has 0 radical (unpaired) electrons. The second-order valence-corrected chi connectivity index (χ2v) is 7.73. The number of benzene rings is 1. The van der Waals surface area contributed by atoms with Crippen molar-refractivity contribution in [2.24, 2.45) is 10.9 Å². The van der Waals surface area contributed by atoms with Crippen LogP contribution in [0.25, 0.3) is 10.6 Å². The summed E-state index contributed by atoms with van der Waals surface area (Å²) >= 11 is 1.02. The van der Waals surface area contributed by atoms with E-state index in [0.29, 0.717) is 54.1 Å². The average molecular weight is 443 g/mol. The van der Waals surface area contributed by atoms with Crippen LogP contribution in [0.5, 0.6) is 0 Å². The zero-order valence-electron chi connectivity index (χ0n) is 18.5. The molecule has 0 aliphatic carbocycles. The maximum absolute atomic E-state index is 13.1. The van der Waals surface area contributed by atoms with Gasteiger partial charge in [0.25, 0.3) is 5.91 Å². The smallest absolute Gasteiger partial charge is 0.255 e. The molecule has 1 aromatic heterocycles. The number of carbonyl (C=O) groups excluding carboxylic acids is 1. The number of morpholine rings is 1. The van der Waals surface area contributed by atoms with Gasteiger partial charge in [-0.05, 0) is 23.9 Å². The van der Waals surface area contributed by atoms with Gasteiger partial charge in [0.15, 0.2) is 11.6 Å². The maximum Gasteiger partial charge on any atom is 0.255 e. The first-order valence-electron chi connectivity index (χ1n) is 10.5. The van der Waals surface area contributed by atoms with E-state index >= 15 is 0 Å². The lowest BCUT2D eigenvalue weighted by Crippen LogP contribution is -2.68. The number of anilines is 2. The minimum atomic E-state index is -0.754. The van der Waals surface area contributed by atoms with Crippen LogP contribution in [0.4, 0.5) is 11.5 Å². The average Bonchev–Trinajstić information content (AvgIpc) is 2.84. The summed E-state index contributed by atoms with van der Waals surface area (Å²) in [5.41, 5.74) is 7.67. The quantitative estimate of drug-likeness (QED) is 0.696. The lowest BCUT2D eigenvalue weighted by Gasteiger charge is -2.51. The molecule has 31 heavy (non-hydrogen) atoms. The number of nitrogens with two attached hydrogens (primary N) is 2. The Morgan fingerprint density at radius 1 is 1.29 bits per heavy atom. The number of likely N-dealkylation sites (N-methyl/N-ethyl adjacent to an activating group) is 1. The van der Waals surface area contributed by atoms with Crippen LogP contribution in [0.15, 0.2) is 36.5 Å². The molecule has 0 spiro atoms. The molecule has 2 aromatic rings. The first-order chi connectivity index (χ1) is 15.0. The van der Waals surface area contributed by atoms with Gasteiger partial charge in [0, 0.05) is 13.6 Å². The Kier molecular flexibility index (Phi) is 7.19. The number of carbonyl (C=O) groups is 1. The Balaban J connectivity index is 0.00000132. The zero-order chi connectivity index (χ0) is 22.6. The highest BCUT2D eigenvalue weighted by atomic mass is 32.2. The van der Waals surface area contributed by atoms with Crippen LogP contribution in [0.1, 0.15) is 38.6 Å². The molecule has 3 heterocycles. The van der Waals surface area contributed by atoms with E-state index in [1.807, 2.05) is 51.1 Å². The molecular weight excluding hydrogens is 412 g/mol. The van der Waals surface area contributed by atoms with E-state index in [0.717, 1.165) is 17.5 Å². The lowest BCUT2D eigenvalue weighted by atomic mass is 9.89. The highest BCUT2D eigenvalue weighted by molar-refractivity contribution is 8.06. The molecule has 4 N–H and O–H groups in total. The SMILES string of the molecule is CC.CCC12COCCN1c1nc(/C(SN)=C(/N)c3ccccc3)ncc1N(C)C2=O. The Morgan fingerprint density at radius 2 is 2.00 bits per heavy atom. The molecule has 1 unspecified atom stereocenters. The van der Waals surface area contributed by atoms with E-state index in [1.165, 1.54) is 0 Å². The van der Waals surface area contributed by atoms with E-state index in [1.54, 1.807) is 18.1 Å². The van der Waals surface area contributed by atoms with Gasteiger partial charge in [0.2, 0.25) is 0 Å². The minimum Gasteiger partial charge on any atom is -0.397 e. The summed E-state index contributed by atoms with van der Waals surface area (Å²) in [6.45, 7) is 7.46. The number of hydrogen-bond donors (Lipinski definition) is 2. The summed E-state index contributed by atoms with van der Waals surface area (Å²) in [5.74, 6) is 1.14. The van der Waals surface area contributed by atoms with E-state index < -0.39 is 5.54 Å². The third-order valence-corrected chi connectivity index (χ3v) is 6.26. The first-order valence-corrected chi connectivity index (χ1v) is 11.3. The number of aromatic nitrogens is 2. The standard InChI is InChI=1S/C20H24N6O2S.C2H6/c1-3-20-12-28-10-9-26(20)18-14(25(2)19(20)27)11-23-17(24-18)16(29-22)15(21)13-7-5-4-6-8-13;1-2/h4-8,11H,3,9-10,12,21-22H2,1-2H3;1-2H3/b16-15-;. The molecule has 1 aromatic carbocycles.